The molecular formula is C19H23NO5S. The van der Waals surface area contributed by atoms with Crippen molar-refractivity contribution in [3.63, 3.8) is 0 Å². The second kappa shape index (κ2) is 7.19. The van der Waals surface area contributed by atoms with Gasteiger partial charge in [-0.3, -0.25) is 0 Å². The molecule has 0 aliphatic rings. The fraction of sp³-hybridized carbons (Fsp3) is 0.316. The molecule has 0 saturated heterocycles. The molecule has 7 heteroatoms. The van der Waals surface area contributed by atoms with Crippen molar-refractivity contribution in [2.75, 3.05) is 6.61 Å². The number of nitrogens with one attached hydrogen (secondary N) is 1. The minimum atomic E-state index is -3.98. The van der Waals surface area contributed by atoms with Crippen LogP contribution in [0.15, 0.2) is 41.3 Å². The lowest BCUT2D eigenvalue weighted by atomic mass is 9.91. The van der Waals surface area contributed by atoms with E-state index in [4.69, 9.17) is 5.11 Å². The number of carboxylic acid groups (broad SMARTS) is 1. The number of aliphatic hydroxyl groups is 1. The van der Waals surface area contributed by atoms with E-state index >= 15 is 0 Å². The Morgan fingerprint density at radius 1 is 1.04 bits per heavy atom. The molecule has 0 radical (unpaired) electrons. The highest BCUT2D eigenvalue weighted by Crippen LogP contribution is 2.26. The number of aliphatic hydroxyl groups excluding tert-OH is 1. The van der Waals surface area contributed by atoms with Gasteiger partial charge in [-0.1, -0.05) is 18.2 Å². The van der Waals surface area contributed by atoms with Gasteiger partial charge in [-0.2, -0.15) is 4.72 Å². The average molecular weight is 377 g/mol. The van der Waals surface area contributed by atoms with Gasteiger partial charge in [0.05, 0.1) is 22.6 Å². The predicted octanol–water partition coefficient (Wildman–Crippen LogP) is 2.50. The number of carboxylic acids is 1. The van der Waals surface area contributed by atoms with Gasteiger partial charge in [0.1, 0.15) is 0 Å². The third kappa shape index (κ3) is 3.95. The molecule has 0 aliphatic carbocycles. The first-order chi connectivity index (χ1) is 12.0. The molecule has 0 aliphatic heterocycles. The standard InChI is InChI=1S/C19H23NO5S/c1-12-5-7-16(10-13(12)2)19(4,11-21)20-26(24,25)17-8-6-15(18(22)23)9-14(17)3/h5-10,20-21H,11H2,1-4H3,(H,22,23). The highest BCUT2D eigenvalue weighted by molar-refractivity contribution is 7.89. The molecule has 26 heavy (non-hydrogen) atoms. The smallest absolute Gasteiger partial charge is 0.335 e. The molecule has 2 rings (SSSR count). The lowest BCUT2D eigenvalue weighted by Gasteiger charge is -2.30. The summed E-state index contributed by atoms with van der Waals surface area (Å²) in [5, 5.41) is 18.9. The summed E-state index contributed by atoms with van der Waals surface area (Å²) in [6.07, 6.45) is 0. The van der Waals surface area contributed by atoms with E-state index in [0.717, 1.165) is 11.1 Å². The third-order valence-electron chi connectivity index (χ3n) is 4.53. The highest BCUT2D eigenvalue weighted by Gasteiger charge is 2.33. The van der Waals surface area contributed by atoms with Gasteiger partial charge in [-0.05, 0) is 68.1 Å². The van der Waals surface area contributed by atoms with Crippen molar-refractivity contribution in [3.05, 3.63) is 64.2 Å². The van der Waals surface area contributed by atoms with Gasteiger partial charge in [0.25, 0.3) is 0 Å². The van der Waals surface area contributed by atoms with Crippen LogP contribution in [-0.4, -0.2) is 31.2 Å². The van der Waals surface area contributed by atoms with Crippen LogP contribution in [0.3, 0.4) is 0 Å². The molecule has 1 unspecified atom stereocenters. The summed E-state index contributed by atoms with van der Waals surface area (Å²) in [4.78, 5) is 11.0. The Bertz CT molecular complexity index is 952. The summed E-state index contributed by atoms with van der Waals surface area (Å²) in [5.41, 5.74) is 1.82. The Hall–Kier alpha value is -2.22. The average Bonchev–Trinajstić information content (AvgIpc) is 2.56. The van der Waals surface area contributed by atoms with Crippen molar-refractivity contribution in [3.8, 4) is 0 Å². The number of carbonyl (C=O) groups is 1. The van der Waals surface area contributed by atoms with Crippen LogP contribution >= 0.6 is 0 Å². The number of aryl methyl sites for hydroxylation is 3. The van der Waals surface area contributed by atoms with Crippen molar-refractivity contribution in [1.29, 1.82) is 0 Å². The van der Waals surface area contributed by atoms with Gasteiger partial charge >= 0.3 is 5.97 Å². The normalized spacial score (nSPS) is 14.0. The molecule has 0 bridgehead atoms. The van der Waals surface area contributed by atoms with Gasteiger partial charge in [-0.15, -0.1) is 0 Å². The second-order valence-electron chi connectivity index (χ2n) is 6.68. The van der Waals surface area contributed by atoms with E-state index in [9.17, 15) is 18.3 Å². The van der Waals surface area contributed by atoms with Crippen LogP contribution in [0.4, 0.5) is 0 Å². The quantitative estimate of drug-likeness (QED) is 0.718. The number of hydrogen-bond acceptors (Lipinski definition) is 4. The van der Waals surface area contributed by atoms with Gasteiger partial charge in [0.15, 0.2) is 0 Å². The lowest BCUT2D eigenvalue weighted by Crippen LogP contribution is -2.46. The fourth-order valence-electron chi connectivity index (χ4n) is 2.70. The highest BCUT2D eigenvalue weighted by atomic mass is 32.2. The molecule has 2 aromatic rings. The molecule has 6 nitrogen and oxygen atoms in total. The third-order valence-corrected chi connectivity index (χ3v) is 6.29. The van der Waals surface area contributed by atoms with Crippen LogP contribution in [0.5, 0.6) is 0 Å². The van der Waals surface area contributed by atoms with Gasteiger partial charge in [-0.25, -0.2) is 13.2 Å². The van der Waals surface area contributed by atoms with E-state index < -0.39 is 28.1 Å². The van der Waals surface area contributed by atoms with Gasteiger partial charge < -0.3 is 10.2 Å². The number of rotatable bonds is 6. The molecule has 140 valence electrons. The maximum absolute atomic E-state index is 12.9. The van der Waals surface area contributed by atoms with Crippen LogP contribution in [0.25, 0.3) is 0 Å². The molecule has 0 amide bonds. The Labute approximate surface area is 153 Å². The minimum Gasteiger partial charge on any atom is -0.478 e. The monoisotopic (exact) mass is 377 g/mol. The van der Waals surface area contributed by atoms with Crippen LogP contribution in [0.2, 0.25) is 0 Å². The zero-order chi connectivity index (χ0) is 19.7. The van der Waals surface area contributed by atoms with Crippen LogP contribution in [-0.2, 0) is 15.6 Å². The number of benzene rings is 2. The zero-order valence-electron chi connectivity index (χ0n) is 15.2. The van der Waals surface area contributed by atoms with Gasteiger partial charge in [0.2, 0.25) is 10.0 Å². The molecule has 0 aromatic heterocycles. The number of hydrogen-bond donors (Lipinski definition) is 3. The first-order valence-corrected chi connectivity index (χ1v) is 9.55. The first-order valence-electron chi connectivity index (χ1n) is 8.07. The van der Waals surface area contributed by atoms with Crippen LogP contribution in [0.1, 0.15) is 39.5 Å². The topological polar surface area (TPSA) is 104 Å². The maximum atomic E-state index is 12.9. The van der Waals surface area contributed by atoms with Crippen molar-refractivity contribution >= 4 is 16.0 Å². The maximum Gasteiger partial charge on any atom is 0.335 e. The van der Waals surface area contributed by atoms with E-state index in [2.05, 4.69) is 4.72 Å². The largest absolute Gasteiger partial charge is 0.478 e. The number of aromatic carboxylic acids is 1. The van der Waals surface area contributed by atoms with Crippen LogP contribution < -0.4 is 4.72 Å². The zero-order valence-corrected chi connectivity index (χ0v) is 16.0. The lowest BCUT2D eigenvalue weighted by molar-refractivity contribution is 0.0696. The van der Waals surface area contributed by atoms with E-state index in [1.807, 2.05) is 26.0 Å². The Balaban J connectivity index is 2.45. The molecule has 1 atom stereocenters. The summed E-state index contributed by atoms with van der Waals surface area (Å²) in [6, 6.07) is 9.31. The van der Waals surface area contributed by atoms with Gasteiger partial charge in [0, 0.05) is 0 Å². The summed E-state index contributed by atoms with van der Waals surface area (Å²) in [5.74, 6) is -1.12. The van der Waals surface area contributed by atoms with Crippen molar-refractivity contribution in [2.24, 2.45) is 0 Å². The number of sulfonamides is 1. The summed E-state index contributed by atoms with van der Waals surface area (Å²) in [6.45, 7) is 6.58. The van der Waals surface area contributed by atoms with E-state index in [1.165, 1.54) is 25.1 Å². The Morgan fingerprint density at radius 2 is 1.69 bits per heavy atom. The molecule has 0 heterocycles. The van der Waals surface area contributed by atoms with Crippen molar-refractivity contribution < 1.29 is 23.4 Å². The molecule has 0 spiro atoms. The molecular weight excluding hydrogens is 354 g/mol. The fourth-order valence-corrected chi connectivity index (χ4v) is 4.32. The first kappa shape index (κ1) is 20.1. The molecule has 0 saturated carbocycles. The van der Waals surface area contributed by atoms with Crippen molar-refractivity contribution in [2.45, 2.75) is 38.1 Å². The van der Waals surface area contributed by atoms with E-state index in [0.29, 0.717) is 11.1 Å². The summed E-state index contributed by atoms with van der Waals surface area (Å²) in [7, 11) is -3.98. The SMILES string of the molecule is Cc1ccc(C(C)(CO)NS(=O)(=O)c2ccc(C(=O)O)cc2C)cc1C. The van der Waals surface area contributed by atoms with Crippen LogP contribution in [0, 0.1) is 20.8 Å². The van der Waals surface area contributed by atoms with Crippen molar-refractivity contribution in [1.82, 2.24) is 4.72 Å². The Morgan fingerprint density at radius 3 is 2.19 bits per heavy atom. The Kier molecular flexibility index (Phi) is 5.55. The van der Waals surface area contributed by atoms with E-state index in [1.54, 1.807) is 13.0 Å². The second-order valence-corrected chi connectivity index (χ2v) is 8.33. The summed E-state index contributed by atoms with van der Waals surface area (Å²) < 4.78 is 28.3. The molecule has 2 aromatic carbocycles. The summed E-state index contributed by atoms with van der Waals surface area (Å²) >= 11 is 0. The molecule has 0 fully saturated rings. The minimum absolute atomic E-state index is 0.0144. The molecule has 3 N–H and O–H groups in total. The predicted molar refractivity (Wildman–Crippen MR) is 98.8 cm³/mol. The van der Waals surface area contributed by atoms with E-state index in [-0.39, 0.29) is 10.5 Å².